The van der Waals surface area contributed by atoms with Crippen LogP contribution in [0.2, 0.25) is 0 Å². The Hall–Kier alpha value is -2.48. The number of hydrogen-bond donors (Lipinski definition) is 1. The summed E-state index contributed by atoms with van der Waals surface area (Å²) in [6.07, 6.45) is 0.923. The molecule has 2 nitrogen and oxygen atoms in total. The van der Waals surface area contributed by atoms with Crippen LogP contribution in [0.1, 0.15) is 22.5 Å². The monoisotopic (exact) mass is 277 g/mol. The van der Waals surface area contributed by atoms with E-state index in [9.17, 15) is 0 Å². The Labute approximate surface area is 125 Å². The Bertz CT molecular complexity index is 683. The first kappa shape index (κ1) is 13.5. The summed E-state index contributed by atoms with van der Waals surface area (Å²) in [4.78, 5) is 3.35. The van der Waals surface area contributed by atoms with Crippen molar-refractivity contribution < 1.29 is 4.74 Å². The zero-order valence-electron chi connectivity index (χ0n) is 12.2. The van der Waals surface area contributed by atoms with Crippen LogP contribution in [0.25, 0.3) is 0 Å². The highest BCUT2D eigenvalue weighted by Gasteiger charge is 2.00. The average molecular weight is 277 g/mol. The molecule has 0 spiro atoms. The van der Waals surface area contributed by atoms with E-state index in [1.165, 1.54) is 22.5 Å². The van der Waals surface area contributed by atoms with Gasteiger partial charge in [-0.2, -0.15) is 0 Å². The number of aryl methyl sites for hydroxylation is 1. The third-order valence-corrected chi connectivity index (χ3v) is 3.46. The van der Waals surface area contributed by atoms with Crippen molar-refractivity contribution in [2.75, 3.05) is 0 Å². The molecular weight excluding hydrogens is 258 g/mol. The maximum atomic E-state index is 5.79. The topological polar surface area (TPSA) is 25.0 Å². The van der Waals surface area contributed by atoms with Gasteiger partial charge in [0.05, 0.1) is 0 Å². The molecule has 3 aromatic rings. The molecule has 1 heterocycles. The van der Waals surface area contributed by atoms with Crippen molar-refractivity contribution in [3.63, 3.8) is 0 Å². The highest BCUT2D eigenvalue weighted by molar-refractivity contribution is 5.30. The summed E-state index contributed by atoms with van der Waals surface area (Å²) >= 11 is 0. The first-order valence-electron chi connectivity index (χ1n) is 7.20. The van der Waals surface area contributed by atoms with E-state index in [0.717, 1.165) is 12.2 Å². The molecule has 0 fully saturated rings. The minimum Gasteiger partial charge on any atom is -0.489 e. The van der Waals surface area contributed by atoms with Crippen molar-refractivity contribution in [3.8, 4) is 5.75 Å². The molecule has 21 heavy (non-hydrogen) atoms. The highest BCUT2D eigenvalue weighted by atomic mass is 16.5. The molecule has 2 heteroatoms. The summed E-state index contributed by atoms with van der Waals surface area (Å²) in [6, 6.07) is 22.8. The fourth-order valence-electron chi connectivity index (χ4n) is 2.33. The van der Waals surface area contributed by atoms with E-state index in [4.69, 9.17) is 4.74 Å². The fraction of sp³-hybridized carbons (Fsp3) is 0.158. The number of hydrogen-bond acceptors (Lipinski definition) is 1. The van der Waals surface area contributed by atoms with E-state index in [2.05, 4.69) is 48.3 Å². The van der Waals surface area contributed by atoms with Crippen LogP contribution in [0.3, 0.4) is 0 Å². The largest absolute Gasteiger partial charge is 0.489 e. The van der Waals surface area contributed by atoms with Crippen molar-refractivity contribution in [1.29, 1.82) is 0 Å². The third kappa shape index (κ3) is 3.76. The molecule has 0 amide bonds. The Kier molecular flexibility index (Phi) is 4.06. The first-order valence-corrected chi connectivity index (χ1v) is 7.20. The van der Waals surface area contributed by atoms with Crippen LogP contribution >= 0.6 is 0 Å². The maximum Gasteiger partial charge on any atom is 0.119 e. The molecule has 0 radical (unpaired) electrons. The summed E-state index contributed by atoms with van der Waals surface area (Å²) in [7, 11) is 0. The number of aromatic amines is 1. The number of nitrogens with one attached hydrogen (secondary N) is 1. The zero-order valence-corrected chi connectivity index (χ0v) is 12.2. The van der Waals surface area contributed by atoms with Gasteiger partial charge in [-0.3, -0.25) is 0 Å². The van der Waals surface area contributed by atoms with E-state index in [1.54, 1.807) is 0 Å². The number of H-pyrrole nitrogens is 1. The Morgan fingerprint density at radius 1 is 0.810 bits per heavy atom. The molecule has 2 aromatic carbocycles. The first-order chi connectivity index (χ1) is 10.3. The van der Waals surface area contributed by atoms with Crippen LogP contribution in [0.4, 0.5) is 0 Å². The van der Waals surface area contributed by atoms with Crippen molar-refractivity contribution in [1.82, 2.24) is 4.98 Å². The summed E-state index contributed by atoms with van der Waals surface area (Å²) in [5.74, 6) is 0.908. The zero-order chi connectivity index (χ0) is 14.5. The SMILES string of the molecule is Cc1ccc(Cc2ccc(OCc3ccccc3)cc2)[nH]1. The molecule has 3 rings (SSSR count). The van der Waals surface area contributed by atoms with E-state index in [1.807, 2.05) is 30.3 Å². The normalized spacial score (nSPS) is 10.5. The molecule has 0 unspecified atom stereocenters. The van der Waals surface area contributed by atoms with Crippen molar-refractivity contribution in [2.45, 2.75) is 20.0 Å². The molecule has 0 aliphatic carbocycles. The lowest BCUT2D eigenvalue weighted by molar-refractivity contribution is 0.306. The lowest BCUT2D eigenvalue weighted by Gasteiger charge is -2.07. The van der Waals surface area contributed by atoms with Gasteiger partial charge in [0, 0.05) is 17.8 Å². The molecule has 0 saturated heterocycles. The van der Waals surface area contributed by atoms with Gasteiger partial charge in [-0.15, -0.1) is 0 Å². The summed E-state index contributed by atoms with van der Waals surface area (Å²) in [6.45, 7) is 2.68. The standard InChI is InChI=1S/C19H19NO/c1-15-7-10-18(20-15)13-16-8-11-19(12-9-16)21-14-17-5-3-2-4-6-17/h2-12,20H,13-14H2,1H3. The van der Waals surface area contributed by atoms with Gasteiger partial charge in [-0.25, -0.2) is 0 Å². The Balaban J connectivity index is 1.59. The van der Waals surface area contributed by atoms with Crippen LogP contribution < -0.4 is 4.74 Å². The molecule has 106 valence electrons. The molecule has 0 aliphatic rings. The van der Waals surface area contributed by atoms with Gasteiger partial charge in [0.2, 0.25) is 0 Å². The van der Waals surface area contributed by atoms with E-state index >= 15 is 0 Å². The maximum absolute atomic E-state index is 5.79. The molecular formula is C19H19NO. The molecule has 1 aromatic heterocycles. The van der Waals surface area contributed by atoms with Gasteiger partial charge in [-0.05, 0) is 42.3 Å². The van der Waals surface area contributed by atoms with Gasteiger partial charge in [-0.1, -0.05) is 42.5 Å². The fourth-order valence-corrected chi connectivity index (χ4v) is 2.33. The molecule has 0 saturated carbocycles. The number of rotatable bonds is 5. The smallest absolute Gasteiger partial charge is 0.119 e. The second kappa shape index (κ2) is 6.31. The number of aromatic nitrogens is 1. The lowest BCUT2D eigenvalue weighted by Crippen LogP contribution is -1.95. The second-order valence-electron chi connectivity index (χ2n) is 5.26. The van der Waals surface area contributed by atoms with E-state index in [0.29, 0.717) is 6.61 Å². The van der Waals surface area contributed by atoms with E-state index < -0.39 is 0 Å². The van der Waals surface area contributed by atoms with Crippen molar-refractivity contribution in [3.05, 3.63) is 89.2 Å². The predicted molar refractivity (Wildman–Crippen MR) is 85.6 cm³/mol. The summed E-state index contributed by atoms with van der Waals surface area (Å²) in [5.41, 5.74) is 4.91. The molecule has 0 aliphatic heterocycles. The molecule has 0 atom stereocenters. The van der Waals surface area contributed by atoms with Crippen LogP contribution in [-0.2, 0) is 13.0 Å². The predicted octanol–water partition coefficient (Wildman–Crippen LogP) is 4.49. The van der Waals surface area contributed by atoms with Crippen LogP contribution in [0, 0.1) is 6.92 Å². The van der Waals surface area contributed by atoms with Gasteiger partial charge >= 0.3 is 0 Å². The van der Waals surface area contributed by atoms with Gasteiger partial charge < -0.3 is 9.72 Å². The van der Waals surface area contributed by atoms with Crippen LogP contribution in [0.15, 0.2) is 66.7 Å². The Morgan fingerprint density at radius 2 is 1.57 bits per heavy atom. The minimum absolute atomic E-state index is 0.607. The molecule has 1 N–H and O–H groups in total. The minimum atomic E-state index is 0.607. The quantitative estimate of drug-likeness (QED) is 0.730. The summed E-state index contributed by atoms with van der Waals surface area (Å²) < 4.78 is 5.79. The lowest BCUT2D eigenvalue weighted by atomic mass is 10.1. The second-order valence-corrected chi connectivity index (χ2v) is 5.26. The summed E-state index contributed by atoms with van der Waals surface area (Å²) in [5, 5.41) is 0. The van der Waals surface area contributed by atoms with Crippen molar-refractivity contribution in [2.24, 2.45) is 0 Å². The highest BCUT2D eigenvalue weighted by Crippen LogP contribution is 2.16. The third-order valence-electron chi connectivity index (χ3n) is 3.46. The van der Waals surface area contributed by atoms with Gasteiger partial charge in [0.1, 0.15) is 12.4 Å². The van der Waals surface area contributed by atoms with Gasteiger partial charge in [0.25, 0.3) is 0 Å². The van der Waals surface area contributed by atoms with Crippen LogP contribution in [0.5, 0.6) is 5.75 Å². The average Bonchev–Trinajstić information content (AvgIpc) is 2.93. The van der Waals surface area contributed by atoms with Crippen molar-refractivity contribution >= 4 is 0 Å². The van der Waals surface area contributed by atoms with Crippen LogP contribution in [-0.4, -0.2) is 4.98 Å². The number of ether oxygens (including phenoxy) is 1. The van der Waals surface area contributed by atoms with E-state index in [-0.39, 0.29) is 0 Å². The van der Waals surface area contributed by atoms with Gasteiger partial charge in [0.15, 0.2) is 0 Å². The Morgan fingerprint density at radius 3 is 2.24 bits per heavy atom. The number of benzene rings is 2. The molecule has 0 bridgehead atoms.